The van der Waals surface area contributed by atoms with Crippen molar-refractivity contribution in [3.63, 3.8) is 0 Å². The molecule has 0 aliphatic carbocycles. The second-order valence-corrected chi connectivity index (χ2v) is 3.79. The van der Waals surface area contributed by atoms with E-state index in [2.05, 4.69) is 14.8 Å². The SMILES string of the molecule is COC(=O)CNc1ccc(CC(=O)OC)cc1[N+](=O)[O-]. The van der Waals surface area contributed by atoms with E-state index in [0.29, 0.717) is 5.56 Å². The summed E-state index contributed by atoms with van der Waals surface area (Å²) in [6, 6.07) is 4.24. The molecule has 0 bridgehead atoms. The van der Waals surface area contributed by atoms with Crippen molar-refractivity contribution in [3.05, 3.63) is 33.9 Å². The number of hydrogen-bond donors (Lipinski definition) is 1. The first kappa shape index (κ1) is 15.4. The second-order valence-electron chi connectivity index (χ2n) is 3.79. The molecule has 0 saturated carbocycles. The average Bonchev–Trinajstić information content (AvgIpc) is 2.44. The van der Waals surface area contributed by atoms with Gasteiger partial charge in [-0.1, -0.05) is 6.07 Å². The molecule has 0 heterocycles. The zero-order valence-corrected chi connectivity index (χ0v) is 11.0. The summed E-state index contributed by atoms with van der Waals surface area (Å²) in [5.74, 6) is -1.03. The Morgan fingerprint density at radius 2 is 1.90 bits per heavy atom. The smallest absolute Gasteiger partial charge is 0.325 e. The third-order valence-electron chi connectivity index (χ3n) is 2.49. The number of nitro groups is 1. The molecule has 1 N–H and O–H groups in total. The van der Waals surface area contributed by atoms with E-state index in [4.69, 9.17) is 0 Å². The largest absolute Gasteiger partial charge is 0.469 e. The number of rotatable bonds is 6. The molecule has 108 valence electrons. The number of carbonyl (C=O) groups is 2. The molecule has 1 aromatic carbocycles. The summed E-state index contributed by atoms with van der Waals surface area (Å²) in [5.41, 5.74) is 0.400. The van der Waals surface area contributed by atoms with Gasteiger partial charge in [-0.25, -0.2) is 0 Å². The van der Waals surface area contributed by atoms with Crippen molar-refractivity contribution in [2.45, 2.75) is 6.42 Å². The summed E-state index contributed by atoms with van der Waals surface area (Å²) in [5, 5.41) is 13.6. The number of nitrogens with one attached hydrogen (secondary N) is 1. The molecular weight excluding hydrogens is 268 g/mol. The zero-order chi connectivity index (χ0) is 15.1. The Hall–Kier alpha value is -2.64. The van der Waals surface area contributed by atoms with Gasteiger partial charge in [0.25, 0.3) is 5.69 Å². The lowest BCUT2D eigenvalue weighted by molar-refractivity contribution is -0.384. The number of ether oxygens (including phenoxy) is 2. The van der Waals surface area contributed by atoms with E-state index in [9.17, 15) is 19.7 Å². The van der Waals surface area contributed by atoms with Crippen LogP contribution in [0.2, 0.25) is 0 Å². The highest BCUT2D eigenvalue weighted by Gasteiger charge is 2.16. The number of methoxy groups -OCH3 is 2. The van der Waals surface area contributed by atoms with Crippen molar-refractivity contribution < 1.29 is 24.0 Å². The van der Waals surface area contributed by atoms with Crippen LogP contribution in [0.4, 0.5) is 11.4 Å². The molecule has 0 saturated heterocycles. The van der Waals surface area contributed by atoms with Gasteiger partial charge in [0.05, 0.1) is 25.6 Å². The minimum absolute atomic E-state index is 0.0609. The number of hydrogen-bond acceptors (Lipinski definition) is 7. The van der Waals surface area contributed by atoms with Crippen LogP contribution in [0, 0.1) is 10.1 Å². The van der Waals surface area contributed by atoms with E-state index in [1.165, 1.54) is 26.4 Å². The van der Waals surface area contributed by atoms with Gasteiger partial charge in [0.2, 0.25) is 0 Å². The highest BCUT2D eigenvalue weighted by Crippen LogP contribution is 2.25. The Morgan fingerprint density at radius 3 is 2.45 bits per heavy atom. The molecule has 1 rings (SSSR count). The summed E-state index contributed by atoms with van der Waals surface area (Å²) in [6.07, 6.45) is -0.0609. The number of anilines is 1. The van der Waals surface area contributed by atoms with Crippen LogP contribution >= 0.6 is 0 Å². The van der Waals surface area contributed by atoms with Crippen LogP contribution in [0.1, 0.15) is 5.56 Å². The number of nitrogens with zero attached hydrogens (tertiary/aromatic N) is 1. The van der Waals surface area contributed by atoms with Crippen LogP contribution in [-0.4, -0.2) is 37.6 Å². The Morgan fingerprint density at radius 1 is 1.25 bits per heavy atom. The van der Waals surface area contributed by atoms with Crippen LogP contribution in [0.3, 0.4) is 0 Å². The third-order valence-corrected chi connectivity index (χ3v) is 2.49. The van der Waals surface area contributed by atoms with Crippen molar-refractivity contribution in [2.75, 3.05) is 26.1 Å². The van der Waals surface area contributed by atoms with Crippen molar-refractivity contribution in [1.82, 2.24) is 0 Å². The van der Waals surface area contributed by atoms with Crippen molar-refractivity contribution in [1.29, 1.82) is 0 Å². The molecule has 0 fully saturated rings. The molecule has 1 aromatic rings. The molecule has 0 amide bonds. The maximum atomic E-state index is 11.1. The molecule has 20 heavy (non-hydrogen) atoms. The summed E-state index contributed by atoms with van der Waals surface area (Å²) >= 11 is 0. The van der Waals surface area contributed by atoms with E-state index in [0.717, 1.165) is 0 Å². The molecule has 0 atom stereocenters. The average molecular weight is 282 g/mol. The predicted molar refractivity (Wildman–Crippen MR) is 69.3 cm³/mol. The van der Waals surface area contributed by atoms with E-state index in [-0.39, 0.29) is 24.3 Å². The molecular formula is C12H14N2O6. The second kappa shape index (κ2) is 7.07. The van der Waals surface area contributed by atoms with E-state index in [1.54, 1.807) is 6.07 Å². The minimum Gasteiger partial charge on any atom is -0.469 e. The molecule has 0 radical (unpaired) electrons. The maximum Gasteiger partial charge on any atom is 0.325 e. The molecule has 8 nitrogen and oxygen atoms in total. The zero-order valence-electron chi connectivity index (χ0n) is 11.0. The van der Waals surface area contributed by atoms with Gasteiger partial charge in [-0.15, -0.1) is 0 Å². The number of benzene rings is 1. The van der Waals surface area contributed by atoms with Crippen LogP contribution in [0.25, 0.3) is 0 Å². The molecule has 0 spiro atoms. The Labute approximate surface area is 114 Å². The Balaban J connectivity index is 2.93. The first-order chi connectivity index (χ1) is 9.47. The van der Waals surface area contributed by atoms with Gasteiger partial charge in [0.1, 0.15) is 12.2 Å². The Kier molecular flexibility index (Phi) is 5.45. The summed E-state index contributed by atoms with van der Waals surface area (Å²) in [4.78, 5) is 32.5. The van der Waals surface area contributed by atoms with Crippen LogP contribution in [0.15, 0.2) is 18.2 Å². The van der Waals surface area contributed by atoms with E-state index in [1.807, 2.05) is 0 Å². The van der Waals surface area contributed by atoms with Crippen molar-refractivity contribution >= 4 is 23.3 Å². The predicted octanol–water partition coefficient (Wildman–Crippen LogP) is 0.895. The number of nitro benzene ring substituents is 1. The van der Waals surface area contributed by atoms with Gasteiger partial charge in [-0.3, -0.25) is 19.7 Å². The Bertz CT molecular complexity index is 529. The molecule has 8 heteroatoms. The fourth-order valence-electron chi connectivity index (χ4n) is 1.47. The lowest BCUT2D eigenvalue weighted by Crippen LogP contribution is -2.16. The molecule has 0 aromatic heterocycles. The first-order valence-electron chi connectivity index (χ1n) is 5.62. The fraction of sp³-hybridized carbons (Fsp3) is 0.333. The lowest BCUT2D eigenvalue weighted by Gasteiger charge is -2.07. The van der Waals surface area contributed by atoms with Gasteiger partial charge < -0.3 is 14.8 Å². The van der Waals surface area contributed by atoms with Gasteiger partial charge in [0.15, 0.2) is 0 Å². The van der Waals surface area contributed by atoms with E-state index < -0.39 is 16.9 Å². The highest BCUT2D eigenvalue weighted by atomic mass is 16.6. The van der Waals surface area contributed by atoms with Crippen molar-refractivity contribution in [2.24, 2.45) is 0 Å². The summed E-state index contributed by atoms with van der Waals surface area (Å²) in [7, 11) is 2.46. The highest BCUT2D eigenvalue weighted by molar-refractivity contribution is 5.77. The fourth-order valence-corrected chi connectivity index (χ4v) is 1.47. The number of carbonyl (C=O) groups excluding carboxylic acids is 2. The summed E-state index contributed by atoms with van der Waals surface area (Å²) in [6.45, 7) is -0.187. The van der Waals surface area contributed by atoms with Crippen LogP contribution in [0.5, 0.6) is 0 Å². The third kappa shape index (κ3) is 4.23. The van der Waals surface area contributed by atoms with Crippen molar-refractivity contribution in [3.8, 4) is 0 Å². The molecule has 0 aliphatic rings. The van der Waals surface area contributed by atoms with Gasteiger partial charge in [-0.05, 0) is 11.6 Å². The van der Waals surface area contributed by atoms with Crippen LogP contribution in [-0.2, 0) is 25.5 Å². The maximum absolute atomic E-state index is 11.1. The first-order valence-corrected chi connectivity index (χ1v) is 5.62. The monoisotopic (exact) mass is 282 g/mol. The quantitative estimate of drug-likeness (QED) is 0.469. The van der Waals surface area contributed by atoms with Gasteiger partial charge >= 0.3 is 11.9 Å². The van der Waals surface area contributed by atoms with Gasteiger partial charge in [-0.2, -0.15) is 0 Å². The number of esters is 2. The van der Waals surface area contributed by atoms with Gasteiger partial charge in [0, 0.05) is 6.07 Å². The lowest BCUT2D eigenvalue weighted by atomic mass is 10.1. The van der Waals surface area contributed by atoms with E-state index >= 15 is 0 Å². The standard InChI is InChI=1S/C12H14N2O6/c1-19-11(15)6-8-3-4-9(10(5-8)14(17)18)13-7-12(16)20-2/h3-5,13H,6-7H2,1-2H3. The molecule has 0 aliphatic heterocycles. The topological polar surface area (TPSA) is 108 Å². The normalized spacial score (nSPS) is 9.70. The van der Waals surface area contributed by atoms with Crippen LogP contribution < -0.4 is 5.32 Å². The summed E-state index contributed by atoms with van der Waals surface area (Å²) < 4.78 is 8.92. The molecule has 0 unspecified atom stereocenters. The minimum atomic E-state index is -0.597.